The lowest BCUT2D eigenvalue weighted by molar-refractivity contribution is 0.186. The van der Waals surface area contributed by atoms with Crippen LogP contribution in [0.15, 0.2) is 29.4 Å². The van der Waals surface area contributed by atoms with Crippen LogP contribution in [-0.4, -0.2) is 42.2 Å². The first-order chi connectivity index (χ1) is 9.61. The van der Waals surface area contributed by atoms with E-state index in [2.05, 4.69) is 24.0 Å². The zero-order chi connectivity index (χ0) is 14.5. The molecule has 2 rings (SSSR count). The number of benzene rings is 1. The van der Waals surface area contributed by atoms with Crippen LogP contribution in [0.5, 0.6) is 5.75 Å². The predicted molar refractivity (Wildman–Crippen MR) is 79.3 cm³/mol. The molecule has 1 atom stereocenters. The Morgan fingerprint density at radius 2 is 2.10 bits per heavy atom. The molecule has 3 N–H and O–H groups in total. The van der Waals surface area contributed by atoms with Gasteiger partial charge in [0.2, 0.25) is 0 Å². The molecule has 0 spiro atoms. The molecule has 1 aliphatic rings. The van der Waals surface area contributed by atoms with E-state index in [0.29, 0.717) is 18.2 Å². The third-order valence-corrected chi connectivity index (χ3v) is 3.97. The summed E-state index contributed by atoms with van der Waals surface area (Å²) in [6, 6.07) is 7.86. The summed E-state index contributed by atoms with van der Waals surface area (Å²) in [7, 11) is 2.15. The fourth-order valence-electron chi connectivity index (χ4n) is 2.23. The topological polar surface area (TPSA) is 71.1 Å². The molecular formula is C15H23N3O2. The van der Waals surface area contributed by atoms with Gasteiger partial charge in [0.25, 0.3) is 0 Å². The lowest BCUT2D eigenvalue weighted by Crippen LogP contribution is -2.34. The van der Waals surface area contributed by atoms with E-state index in [1.54, 1.807) is 12.1 Å². The van der Waals surface area contributed by atoms with Crippen LogP contribution in [-0.2, 0) is 0 Å². The summed E-state index contributed by atoms with van der Waals surface area (Å²) in [4.78, 5) is 2.35. The molecule has 0 aromatic heterocycles. The van der Waals surface area contributed by atoms with E-state index in [0.717, 1.165) is 18.2 Å². The number of oxime groups is 1. The van der Waals surface area contributed by atoms with E-state index in [9.17, 15) is 0 Å². The fraction of sp³-hybridized carbons (Fsp3) is 0.533. The average molecular weight is 277 g/mol. The minimum Gasteiger partial charge on any atom is -0.492 e. The highest BCUT2D eigenvalue weighted by Gasteiger charge is 2.30. The second-order valence-electron chi connectivity index (χ2n) is 5.42. The number of nitrogens with zero attached hydrogens (tertiary/aromatic N) is 2. The Balaban J connectivity index is 1.76. The van der Waals surface area contributed by atoms with Crippen LogP contribution in [0.4, 0.5) is 0 Å². The van der Waals surface area contributed by atoms with Gasteiger partial charge in [-0.3, -0.25) is 0 Å². The minimum atomic E-state index is 0.106. The highest BCUT2D eigenvalue weighted by molar-refractivity contribution is 5.97. The van der Waals surface area contributed by atoms with E-state index < -0.39 is 0 Å². The van der Waals surface area contributed by atoms with Gasteiger partial charge in [0.15, 0.2) is 5.84 Å². The maximum atomic E-state index is 8.59. The molecule has 0 radical (unpaired) electrons. The van der Waals surface area contributed by atoms with Gasteiger partial charge in [-0.1, -0.05) is 5.16 Å². The van der Waals surface area contributed by atoms with Crippen LogP contribution in [0.1, 0.15) is 25.3 Å². The standard InChI is InChI=1S/C15H23N3O2/c1-11(12-3-4-12)18(2)9-10-20-14-7-5-13(6-8-14)15(16)17-19/h5-8,11-12,19H,3-4,9-10H2,1-2H3,(H2,16,17). The van der Waals surface area contributed by atoms with Crippen molar-refractivity contribution < 1.29 is 9.94 Å². The predicted octanol–water partition coefficient (Wildman–Crippen LogP) is 1.89. The molecule has 1 unspecified atom stereocenters. The molecule has 1 aliphatic carbocycles. The Labute approximate surface area is 120 Å². The molecule has 0 amide bonds. The summed E-state index contributed by atoms with van der Waals surface area (Å²) in [5.41, 5.74) is 6.18. The summed E-state index contributed by atoms with van der Waals surface area (Å²) < 4.78 is 5.71. The van der Waals surface area contributed by atoms with E-state index in [1.807, 2.05) is 12.1 Å². The summed E-state index contributed by atoms with van der Waals surface area (Å²) in [6.07, 6.45) is 2.73. The molecule has 0 aliphatic heterocycles. The Hall–Kier alpha value is -1.75. The van der Waals surface area contributed by atoms with E-state index in [1.165, 1.54) is 12.8 Å². The van der Waals surface area contributed by atoms with Gasteiger partial charge in [-0.25, -0.2) is 0 Å². The summed E-state index contributed by atoms with van der Waals surface area (Å²) in [5, 5.41) is 11.6. The van der Waals surface area contributed by atoms with Crippen molar-refractivity contribution in [3.63, 3.8) is 0 Å². The maximum Gasteiger partial charge on any atom is 0.170 e. The molecule has 1 saturated carbocycles. The van der Waals surface area contributed by atoms with Crippen molar-refractivity contribution in [2.24, 2.45) is 16.8 Å². The Morgan fingerprint density at radius 3 is 2.65 bits per heavy atom. The van der Waals surface area contributed by atoms with Gasteiger partial charge in [-0.15, -0.1) is 0 Å². The highest BCUT2D eigenvalue weighted by Crippen LogP contribution is 2.34. The number of nitrogens with two attached hydrogens (primary N) is 1. The second kappa shape index (κ2) is 6.61. The van der Waals surface area contributed by atoms with Gasteiger partial charge in [0.1, 0.15) is 12.4 Å². The quantitative estimate of drug-likeness (QED) is 0.345. The number of likely N-dealkylation sites (N-methyl/N-ethyl adjacent to an activating group) is 1. The lowest BCUT2D eigenvalue weighted by atomic mass is 10.2. The van der Waals surface area contributed by atoms with Crippen LogP contribution in [0.3, 0.4) is 0 Å². The molecule has 5 nitrogen and oxygen atoms in total. The summed E-state index contributed by atoms with van der Waals surface area (Å²) in [6.45, 7) is 3.86. The van der Waals surface area contributed by atoms with E-state index in [-0.39, 0.29) is 5.84 Å². The fourth-order valence-corrected chi connectivity index (χ4v) is 2.23. The van der Waals surface area contributed by atoms with E-state index >= 15 is 0 Å². The number of hydrogen-bond acceptors (Lipinski definition) is 4. The van der Waals surface area contributed by atoms with Crippen molar-refractivity contribution in [3.8, 4) is 5.75 Å². The zero-order valence-electron chi connectivity index (χ0n) is 12.1. The SMILES string of the molecule is CC(C1CC1)N(C)CCOc1ccc(C(N)=NO)cc1. The van der Waals surface area contributed by atoms with Gasteiger partial charge >= 0.3 is 0 Å². The van der Waals surface area contributed by atoms with Gasteiger partial charge in [-0.05, 0) is 57.0 Å². The third-order valence-electron chi connectivity index (χ3n) is 3.97. The normalized spacial score (nSPS) is 17.2. The third kappa shape index (κ3) is 3.87. The highest BCUT2D eigenvalue weighted by atomic mass is 16.5. The molecule has 1 aromatic carbocycles. The Bertz CT molecular complexity index is 455. The first kappa shape index (κ1) is 14.7. The Kier molecular flexibility index (Phi) is 4.84. The minimum absolute atomic E-state index is 0.106. The van der Waals surface area contributed by atoms with Crippen molar-refractivity contribution >= 4 is 5.84 Å². The van der Waals surface area contributed by atoms with E-state index in [4.69, 9.17) is 15.7 Å². The molecule has 110 valence electrons. The molecule has 1 aromatic rings. The van der Waals surface area contributed by atoms with Gasteiger partial charge in [0, 0.05) is 18.2 Å². The van der Waals surface area contributed by atoms with Gasteiger partial charge < -0.3 is 20.6 Å². The molecule has 5 heteroatoms. The van der Waals surface area contributed by atoms with Crippen LogP contribution in [0.25, 0.3) is 0 Å². The van der Waals surface area contributed by atoms with Crippen molar-refractivity contribution in [2.45, 2.75) is 25.8 Å². The molecule has 0 bridgehead atoms. The largest absolute Gasteiger partial charge is 0.492 e. The maximum absolute atomic E-state index is 8.59. The average Bonchev–Trinajstić information content (AvgIpc) is 3.31. The van der Waals surface area contributed by atoms with Gasteiger partial charge in [0.05, 0.1) is 0 Å². The van der Waals surface area contributed by atoms with Crippen LogP contribution in [0.2, 0.25) is 0 Å². The number of ether oxygens (including phenoxy) is 1. The lowest BCUT2D eigenvalue weighted by Gasteiger charge is -2.24. The van der Waals surface area contributed by atoms with Crippen molar-refractivity contribution in [3.05, 3.63) is 29.8 Å². The monoisotopic (exact) mass is 277 g/mol. The second-order valence-corrected chi connectivity index (χ2v) is 5.42. The van der Waals surface area contributed by atoms with Gasteiger partial charge in [-0.2, -0.15) is 0 Å². The Morgan fingerprint density at radius 1 is 1.45 bits per heavy atom. The smallest absolute Gasteiger partial charge is 0.170 e. The van der Waals surface area contributed by atoms with Crippen molar-refractivity contribution in [1.82, 2.24) is 4.90 Å². The first-order valence-corrected chi connectivity index (χ1v) is 7.03. The number of rotatable bonds is 7. The van der Waals surface area contributed by atoms with Crippen molar-refractivity contribution in [2.75, 3.05) is 20.2 Å². The molecular weight excluding hydrogens is 254 g/mol. The summed E-state index contributed by atoms with van der Waals surface area (Å²) in [5.74, 6) is 1.78. The van der Waals surface area contributed by atoms with Crippen LogP contribution in [0, 0.1) is 5.92 Å². The molecule has 0 saturated heterocycles. The van der Waals surface area contributed by atoms with Crippen LogP contribution >= 0.6 is 0 Å². The molecule has 20 heavy (non-hydrogen) atoms. The van der Waals surface area contributed by atoms with Crippen LogP contribution < -0.4 is 10.5 Å². The summed E-state index contributed by atoms with van der Waals surface area (Å²) >= 11 is 0. The van der Waals surface area contributed by atoms with Crippen molar-refractivity contribution in [1.29, 1.82) is 0 Å². The molecule has 0 heterocycles. The number of amidine groups is 1. The zero-order valence-corrected chi connectivity index (χ0v) is 12.1. The molecule has 1 fully saturated rings. The first-order valence-electron chi connectivity index (χ1n) is 7.03. The number of hydrogen-bond donors (Lipinski definition) is 2.